The summed E-state index contributed by atoms with van der Waals surface area (Å²) in [6.07, 6.45) is 3.34. The Balaban J connectivity index is 5.91. The lowest BCUT2D eigenvalue weighted by atomic mass is 9.89. The third-order valence-electron chi connectivity index (χ3n) is 5.75. The number of nitrogens with one attached hydrogen (secondary N) is 2. The van der Waals surface area contributed by atoms with Crippen LogP contribution in [0.25, 0.3) is 0 Å². The zero-order valence-electron chi connectivity index (χ0n) is 21.2. The van der Waals surface area contributed by atoms with E-state index in [1.165, 1.54) is 6.92 Å². The fourth-order valence-corrected chi connectivity index (χ4v) is 3.85. The van der Waals surface area contributed by atoms with Crippen molar-refractivity contribution in [2.45, 2.75) is 105 Å². The van der Waals surface area contributed by atoms with E-state index in [1.54, 1.807) is 18.0 Å². The van der Waals surface area contributed by atoms with Crippen LogP contribution in [0.2, 0.25) is 0 Å². The molecule has 0 unspecified atom stereocenters. The van der Waals surface area contributed by atoms with Crippen molar-refractivity contribution in [2.24, 2.45) is 11.8 Å². The normalized spacial score (nSPS) is 14.7. The highest BCUT2D eigenvalue weighted by atomic mass is 16.4. The number of aliphatic carboxylic acids is 1. The van der Waals surface area contributed by atoms with Crippen LogP contribution in [0.3, 0.4) is 0 Å². The summed E-state index contributed by atoms with van der Waals surface area (Å²) in [5.74, 6) is -1.16. The lowest BCUT2D eigenvalue weighted by Gasteiger charge is -2.37. The molecule has 0 fully saturated rings. The highest BCUT2D eigenvalue weighted by Gasteiger charge is 2.38. The molecule has 0 spiro atoms. The highest BCUT2D eigenvalue weighted by molar-refractivity contribution is 5.92. The zero-order chi connectivity index (χ0) is 24.5. The molecular formula is C24H45N3O4. The van der Waals surface area contributed by atoms with Gasteiger partial charge in [-0.2, -0.15) is 0 Å². The van der Waals surface area contributed by atoms with E-state index in [0.717, 1.165) is 0 Å². The van der Waals surface area contributed by atoms with Crippen LogP contribution in [0.4, 0.5) is 0 Å². The van der Waals surface area contributed by atoms with Crippen LogP contribution in [0.15, 0.2) is 11.6 Å². The summed E-state index contributed by atoms with van der Waals surface area (Å²) in [6, 6.07) is -0.934. The summed E-state index contributed by atoms with van der Waals surface area (Å²) >= 11 is 0. The van der Waals surface area contributed by atoms with Crippen molar-refractivity contribution in [2.75, 3.05) is 7.05 Å². The number of carboxylic acid groups (broad SMARTS) is 1. The van der Waals surface area contributed by atoms with Crippen molar-refractivity contribution in [1.82, 2.24) is 15.5 Å². The van der Waals surface area contributed by atoms with Gasteiger partial charge in [-0.3, -0.25) is 9.59 Å². The molecular weight excluding hydrogens is 394 g/mol. The van der Waals surface area contributed by atoms with Gasteiger partial charge in [0.05, 0.1) is 11.6 Å². The van der Waals surface area contributed by atoms with E-state index < -0.39 is 17.6 Å². The topological polar surface area (TPSA) is 98.7 Å². The van der Waals surface area contributed by atoms with E-state index in [1.807, 2.05) is 55.4 Å². The molecule has 7 heteroatoms. The minimum Gasteiger partial charge on any atom is -0.478 e. The number of likely N-dealkylation sites (N-methyl/N-ethyl adjacent to an activating group) is 1. The standard InChI is InChI=1S/C24H45N3O4/c1-11-24(12-2,26-17(7)8)23(31)25-19(13-15(3)4)21(28)27(10)20(16(5)6)14-18(9)22(29)30/h14-17,19-20,26H,11-13H2,1-10H3,(H,25,31)(H,29,30)/b18-14+/t19-,20+/m0/s1. The first-order chi connectivity index (χ1) is 14.2. The van der Waals surface area contributed by atoms with E-state index >= 15 is 0 Å². The van der Waals surface area contributed by atoms with E-state index in [2.05, 4.69) is 10.6 Å². The zero-order valence-corrected chi connectivity index (χ0v) is 21.2. The van der Waals surface area contributed by atoms with Gasteiger partial charge in [-0.05, 0) is 51.9 Å². The number of rotatable bonds is 13. The van der Waals surface area contributed by atoms with Crippen molar-refractivity contribution in [1.29, 1.82) is 0 Å². The van der Waals surface area contributed by atoms with Gasteiger partial charge in [0.2, 0.25) is 11.8 Å². The molecule has 0 aliphatic rings. The van der Waals surface area contributed by atoms with Crippen LogP contribution in [0.1, 0.15) is 81.6 Å². The lowest BCUT2D eigenvalue weighted by Crippen LogP contribution is -2.62. The molecule has 2 amide bonds. The number of nitrogens with zero attached hydrogens (tertiary/aromatic N) is 1. The summed E-state index contributed by atoms with van der Waals surface area (Å²) in [6.45, 7) is 17.4. The molecule has 0 aliphatic heterocycles. The number of carbonyl (C=O) groups excluding carboxylic acids is 2. The third-order valence-corrected chi connectivity index (χ3v) is 5.75. The Morgan fingerprint density at radius 1 is 1.03 bits per heavy atom. The molecule has 0 aromatic carbocycles. The smallest absolute Gasteiger partial charge is 0.331 e. The van der Waals surface area contributed by atoms with Gasteiger partial charge < -0.3 is 20.6 Å². The molecule has 2 atom stereocenters. The maximum atomic E-state index is 13.5. The van der Waals surface area contributed by atoms with Crippen LogP contribution in [0.5, 0.6) is 0 Å². The first-order valence-corrected chi connectivity index (χ1v) is 11.5. The van der Waals surface area contributed by atoms with Gasteiger partial charge in [0.25, 0.3) is 0 Å². The Morgan fingerprint density at radius 3 is 1.90 bits per heavy atom. The van der Waals surface area contributed by atoms with Gasteiger partial charge in [0.15, 0.2) is 0 Å². The minimum atomic E-state index is -1.01. The van der Waals surface area contributed by atoms with E-state index in [-0.39, 0.29) is 41.3 Å². The summed E-state index contributed by atoms with van der Waals surface area (Å²) < 4.78 is 0. The molecule has 0 heterocycles. The van der Waals surface area contributed by atoms with Gasteiger partial charge in [-0.1, -0.05) is 47.6 Å². The van der Waals surface area contributed by atoms with Crippen molar-refractivity contribution in [3.8, 4) is 0 Å². The number of hydrogen-bond donors (Lipinski definition) is 3. The second kappa shape index (κ2) is 12.8. The van der Waals surface area contributed by atoms with E-state index in [0.29, 0.717) is 19.3 Å². The van der Waals surface area contributed by atoms with Gasteiger partial charge in [0, 0.05) is 18.7 Å². The van der Waals surface area contributed by atoms with Crippen molar-refractivity contribution in [3.63, 3.8) is 0 Å². The second-order valence-electron chi connectivity index (χ2n) is 9.58. The average Bonchev–Trinajstić information content (AvgIpc) is 2.67. The van der Waals surface area contributed by atoms with Gasteiger partial charge in [0.1, 0.15) is 6.04 Å². The Bertz CT molecular complexity index is 637. The lowest BCUT2D eigenvalue weighted by molar-refractivity contribution is -0.139. The third kappa shape index (κ3) is 8.63. The maximum absolute atomic E-state index is 13.5. The monoisotopic (exact) mass is 439 g/mol. The number of carbonyl (C=O) groups is 3. The molecule has 7 nitrogen and oxygen atoms in total. The molecule has 0 aliphatic carbocycles. The molecule has 0 aromatic rings. The Morgan fingerprint density at radius 2 is 1.55 bits per heavy atom. The predicted molar refractivity (Wildman–Crippen MR) is 126 cm³/mol. The fourth-order valence-electron chi connectivity index (χ4n) is 3.85. The SMILES string of the molecule is CCC(CC)(NC(C)C)C(=O)N[C@@H](CC(C)C)C(=O)N(C)[C@H](/C=C(\C)C(=O)O)C(C)C. The molecule has 0 bridgehead atoms. The average molecular weight is 440 g/mol. The molecule has 0 saturated carbocycles. The maximum Gasteiger partial charge on any atom is 0.331 e. The van der Waals surface area contributed by atoms with Crippen molar-refractivity contribution >= 4 is 17.8 Å². The van der Waals surface area contributed by atoms with E-state index in [9.17, 15) is 19.5 Å². The van der Waals surface area contributed by atoms with Gasteiger partial charge >= 0.3 is 5.97 Å². The first kappa shape index (κ1) is 29.1. The van der Waals surface area contributed by atoms with Crippen molar-refractivity contribution < 1.29 is 19.5 Å². The van der Waals surface area contributed by atoms with Crippen LogP contribution < -0.4 is 10.6 Å². The Kier molecular flexibility index (Phi) is 12.1. The quantitative estimate of drug-likeness (QED) is 0.381. The number of carboxylic acids is 1. The molecule has 0 saturated heterocycles. The molecule has 3 N–H and O–H groups in total. The van der Waals surface area contributed by atoms with Gasteiger partial charge in [-0.25, -0.2) is 4.79 Å². The van der Waals surface area contributed by atoms with Crippen LogP contribution in [-0.2, 0) is 14.4 Å². The van der Waals surface area contributed by atoms with Crippen LogP contribution in [0, 0.1) is 11.8 Å². The molecule has 180 valence electrons. The molecule has 31 heavy (non-hydrogen) atoms. The van der Waals surface area contributed by atoms with Gasteiger partial charge in [-0.15, -0.1) is 0 Å². The number of hydrogen-bond acceptors (Lipinski definition) is 4. The summed E-state index contributed by atoms with van der Waals surface area (Å²) in [7, 11) is 1.68. The van der Waals surface area contributed by atoms with Crippen LogP contribution in [-0.4, -0.2) is 58.5 Å². The second-order valence-corrected chi connectivity index (χ2v) is 9.58. The Labute approximate surface area is 189 Å². The summed E-state index contributed by atoms with van der Waals surface area (Å²) in [5.41, 5.74) is -0.542. The Hall–Kier alpha value is -1.89. The molecule has 0 aromatic heterocycles. The largest absolute Gasteiger partial charge is 0.478 e. The first-order valence-electron chi connectivity index (χ1n) is 11.5. The summed E-state index contributed by atoms with van der Waals surface area (Å²) in [4.78, 5) is 39.6. The summed E-state index contributed by atoms with van der Waals surface area (Å²) in [5, 5.41) is 15.7. The van der Waals surface area contributed by atoms with E-state index in [4.69, 9.17) is 0 Å². The number of amides is 2. The molecule has 0 radical (unpaired) electrons. The fraction of sp³-hybridized carbons (Fsp3) is 0.792. The minimum absolute atomic E-state index is 0.0200. The highest BCUT2D eigenvalue weighted by Crippen LogP contribution is 2.20. The van der Waals surface area contributed by atoms with Crippen molar-refractivity contribution in [3.05, 3.63) is 11.6 Å². The van der Waals surface area contributed by atoms with Crippen LogP contribution >= 0.6 is 0 Å². The molecule has 0 rings (SSSR count). The predicted octanol–water partition coefficient (Wildman–Crippen LogP) is 3.59.